The second-order valence-electron chi connectivity index (χ2n) is 6.90. The molecule has 1 heterocycles. The lowest BCUT2D eigenvalue weighted by atomic mass is 10.2. The number of carbonyl (C=O) groups excluding carboxylic acids is 1. The first-order valence-corrected chi connectivity index (χ1v) is 8.78. The maximum Gasteiger partial charge on any atom is 0.573 e. The summed E-state index contributed by atoms with van der Waals surface area (Å²) in [6, 6.07) is 5.82. The van der Waals surface area contributed by atoms with Crippen molar-refractivity contribution in [1.29, 1.82) is 0 Å². The monoisotopic (exact) mass is 373 g/mol. The van der Waals surface area contributed by atoms with Gasteiger partial charge in [-0.05, 0) is 12.0 Å². The van der Waals surface area contributed by atoms with Crippen molar-refractivity contribution < 1.29 is 22.7 Å². The molecule has 1 N–H and O–H groups in total. The Bertz CT molecular complexity index is 585. The van der Waals surface area contributed by atoms with Gasteiger partial charge in [-0.2, -0.15) is 0 Å². The van der Waals surface area contributed by atoms with E-state index in [2.05, 4.69) is 33.7 Å². The maximum atomic E-state index is 12.4. The third kappa shape index (κ3) is 7.21. The molecule has 1 aromatic carbocycles. The molecule has 5 nitrogen and oxygen atoms in total. The van der Waals surface area contributed by atoms with Crippen molar-refractivity contribution in [2.24, 2.45) is 5.92 Å². The lowest BCUT2D eigenvalue weighted by Crippen LogP contribution is -2.50. The molecule has 0 saturated carbocycles. The van der Waals surface area contributed by atoms with E-state index in [1.807, 2.05) is 0 Å². The average Bonchev–Trinajstić information content (AvgIpc) is 2.54. The predicted octanol–water partition coefficient (Wildman–Crippen LogP) is 2.48. The number of para-hydroxylation sites is 1. The Kier molecular flexibility index (Phi) is 7.28. The van der Waals surface area contributed by atoms with Gasteiger partial charge in [0.2, 0.25) is 5.91 Å². The smallest absolute Gasteiger partial charge is 0.405 e. The molecule has 1 amide bonds. The molecular formula is C18H26F3N3O2. The number of ether oxygens (including phenoxy) is 1. The number of amides is 1. The molecule has 1 saturated heterocycles. The number of carbonyl (C=O) groups is 1. The topological polar surface area (TPSA) is 44.8 Å². The molecule has 1 aliphatic heterocycles. The van der Waals surface area contributed by atoms with E-state index in [9.17, 15) is 18.0 Å². The first-order chi connectivity index (χ1) is 12.2. The van der Waals surface area contributed by atoms with E-state index >= 15 is 0 Å². The van der Waals surface area contributed by atoms with Crippen LogP contribution in [0.4, 0.5) is 13.2 Å². The highest BCUT2D eigenvalue weighted by atomic mass is 19.4. The molecule has 0 aromatic heterocycles. The minimum atomic E-state index is -4.75. The van der Waals surface area contributed by atoms with Crippen LogP contribution in [0.15, 0.2) is 24.3 Å². The zero-order valence-electron chi connectivity index (χ0n) is 15.2. The van der Waals surface area contributed by atoms with Crippen LogP contribution >= 0.6 is 0 Å². The lowest BCUT2D eigenvalue weighted by Gasteiger charge is -2.35. The van der Waals surface area contributed by atoms with E-state index < -0.39 is 6.36 Å². The number of hydrogen-bond donors (Lipinski definition) is 1. The van der Waals surface area contributed by atoms with Crippen LogP contribution in [0.25, 0.3) is 0 Å². The third-order valence-electron chi connectivity index (χ3n) is 4.13. The highest BCUT2D eigenvalue weighted by Crippen LogP contribution is 2.26. The Morgan fingerprint density at radius 3 is 2.38 bits per heavy atom. The van der Waals surface area contributed by atoms with E-state index in [0.717, 1.165) is 32.7 Å². The van der Waals surface area contributed by atoms with Crippen molar-refractivity contribution in [3.63, 3.8) is 0 Å². The average molecular weight is 373 g/mol. The van der Waals surface area contributed by atoms with Gasteiger partial charge in [0.25, 0.3) is 0 Å². The van der Waals surface area contributed by atoms with Crippen molar-refractivity contribution in [2.45, 2.75) is 26.8 Å². The van der Waals surface area contributed by atoms with Crippen LogP contribution in [0, 0.1) is 5.92 Å². The summed E-state index contributed by atoms with van der Waals surface area (Å²) in [7, 11) is 0. The first-order valence-electron chi connectivity index (χ1n) is 8.78. The summed E-state index contributed by atoms with van der Waals surface area (Å²) < 4.78 is 41.3. The zero-order valence-corrected chi connectivity index (χ0v) is 15.2. The Hall–Kier alpha value is -1.80. The number of nitrogens with one attached hydrogen (secondary N) is 1. The van der Waals surface area contributed by atoms with Crippen LogP contribution in [0.2, 0.25) is 0 Å². The summed E-state index contributed by atoms with van der Waals surface area (Å²) in [5, 5.41) is 2.67. The first kappa shape index (κ1) is 20.5. The molecule has 0 spiro atoms. The van der Waals surface area contributed by atoms with Crippen molar-refractivity contribution >= 4 is 5.91 Å². The van der Waals surface area contributed by atoms with E-state index in [0.29, 0.717) is 11.5 Å². The summed E-state index contributed by atoms with van der Waals surface area (Å²) in [6.45, 7) is 9.13. The second-order valence-corrected chi connectivity index (χ2v) is 6.90. The Morgan fingerprint density at radius 2 is 1.77 bits per heavy atom. The number of hydrogen-bond acceptors (Lipinski definition) is 4. The van der Waals surface area contributed by atoms with E-state index in [4.69, 9.17) is 0 Å². The molecule has 146 valence electrons. The molecule has 2 rings (SSSR count). The van der Waals surface area contributed by atoms with Gasteiger partial charge in [-0.15, -0.1) is 13.2 Å². The Morgan fingerprint density at radius 1 is 1.15 bits per heavy atom. The summed E-state index contributed by atoms with van der Waals surface area (Å²) in [5.41, 5.74) is 0.292. The maximum absolute atomic E-state index is 12.4. The molecule has 0 bridgehead atoms. The van der Waals surface area contributed by atoms with Crippen LogP contribution in [-0.2, 0) is 11.3 Å². The van der Waals surface area contributed by atoms with Gasteiger partial charge >= 0.3 is 6.36 Å². The van der Waals surface area contributed by atoms with Gasteiger partial charge in [0, 0.05) is 44.8 Å². The number of halogens is 3. The molecule has 0 unspecified atom stereocenters. The van der Waals surface area contributed by atoms with Gasteiger partial charge < -0.3 is 15.0 Å². The fourth-order valence-corrected chi connectivity index (χ4v) is 2.97. The minimum Gasteiger partial charge on any atom is -0.405 e. The predicted molar refractivity (Wildman–Crippen MR) is 92.7 cm³/mol. The molecule has 0 aliphatic carbocycles. The molecular weight excluding hydrogens is 347 g/mol. The van der Waals surface area contributed by atoms with Gasteiger partial charge in [-0.1, -0.05) is 32.0 Å². The third-order valence-corrected chi connectivity index (χ3v) is 4.13. The second kappa shape index (κ2) is 9.23. The van der Waals surface area contributed by atoms with E-state index in [1.165, 1.54) is 18.2 Å². The molecule has 0 radical (unpaired) electrons. The van der Waals surface area contributed by atoms with Gasteiger partial charge in [0.15, 0.2) is 0 Å². The largest absolute Gasteiger partial charge is 0.573 e. The van der Waals surface area contributed by atoms with Crippen LogP contribution in [-0.4, -0.2) is 61.3 Å². The van der Waals surface area contributed by atoms with Crippen LogP contribution in [0.1, 0.15) is 19.4 Å². The molecule has 8 heteroatoms. The quantitative estimate of drug-likeness (QED) is 0.798. The highest BCUT2D eigenvalue weighted by molar-refractivity contribution is 5.78. The number of nitrogens with zero attached hydrogens (tertiary/aromatic N) is 2. The van der Waals surface area contributed by atoms with E-state index in [1.54, 1.807) is 6.07 Å². The summed E-state index contributed by atoms with van der Waals surface area (Å²) in [4.78, 5) is 16.5. The fraction of sp³-hybridized carbons (Fsp3) is 0.611. The highest BCUT2D eigenvalue weighted by Gasteiger charge is 2.32. The molecule has 0 atom stereocenters. The van der Waals surface area contributed by atoms with Gasteiger partial charge in [-0.25, -0.2) is 0 Å². The van der Waals surface area contributed by atoms with Gasteiger partial charge in [0.05, 0.1) is 6.54 Å². The molecule has 1 aromatic rings. The normalized spacial score (nSPS) is 16.7. The number of alkyl halides is 3. The number of piperazine rings is 1. The summed E-state index contributed by atoms with van der Waals surface area (Å²) in [5.74, 6) is 0.121. The van der Waals surface area contributed by atoms with Crippen molar-refractivity contribution in [3.8, 4) is 5.75 Å². The fourth-order valence-electron chi connectivity index (χ4n) is 2.97. The minimum absolute atomic E-state index is 0.00159. The molecule has 26 heavy (non-hydrogen) atoms. The Balaban J connectivity index is 1.78. The lowest BCUT2D eigenvalue weighted by molar-refractivity contribution is -0.274. The number of benzene rings is 1. The SMILES string of the molecule is CC(C)CN1CCN(CC(=O)NCc2ccccc2OC(F)(F)F)CC1. The van der Waals surface area contributed by atoms with E-state index in [-0.39, 0.29) is 24.7 Å². The summed E-state index contributed by atoms with van der Waals surface area (Å²) in [6.07, 6.45) is -4.75. The van der Waals surface area contributed by atoms with Crippen LogP contribution in [0.5, 0.6) is 5.75 Å². The van der Waals surface area contributed by atoms with Crippen molar-refractivity contribution in [3.05, 3.63) is 29.8 Å². The van der Waals surface area contributed by atoms with Gasteiger partial charge in [-0.3, -0.25) is 9.69 Å². The standard InChI is InChI=1S/C18H26F3N3O2/c1-14(2)12-23-7-9-24(10-8-23)13-17(25)22-11-15-5-3-4-6-16(15)26-18(19,20)21/h3-6,14H,7-13H2,1-2H3,(H,22,25). The van der Waals surface area contributed by atoms with Crippen LogP contribution in [0.3, 0.4) is 0 Å². The molecule has 1 aliphatic rings. The van der Waals surface area contributed by atoms with Gasteiger partial charge in [0.1, 0.15) is 5.75 Å². The Labute approximate surface area is 152 Å². The van der Waals surface area contributed by atoms with Crippen molar-refractivity contribution in [1.82, 2.24) is 15.1 Å². The molecule has 1 fully saturated rings. The van der Waals surface area contributed by atoms with Crippen LogP contribution < -0.4 is 10.1 Å². The number of rotatable bonds is 7. The zero-order chi connectivity index (χ0) is 19.2. The summed E-state index contributed by atoms with van der Waals surface area (Å²) >= 11 is 0. The van der Waals surface area contributed by atoms with Crippen molar-refractivity contribution in [2.75, 3.05) is 39.3 Å².